The fraction of sp³-hybridized carbons (Fsp3) is 0.176. The van der Waals surface area contributed by atoms with Gasteiger partial charge in [0.05, 0.1) is 18.4 Å². The number of carbonyl (C=O) groups excluding carboxylic acids is 1. The first-order valence-corrected chi connectivity index (χ1v) is 8.86. The lowest BCUT2D eigenvalue weighted by atomic mass is 10.1. The van der Waals surface area contributed by atoms with E-state index in [1.165, 1.54) is 57.6 Å². The summed E-state index contributed by atoms with van der Waals surface area (Å²) < 4.78 is 30.9. The highest BCUT2D eigenvalue weighted by atomic mass is 32.2. The third-order valence-corrected chi connectivity index (χ3v) is 5.43. The van der Waals surface area contributed by atoms with E-state index < -0.39 is 21.9 Å². The standard InChI is InChI=1S/C17H18N2O6S/c1-19(2)26(23,24)15-10-11(8-9-14(15)25-3)16(20)18-13-7-5-4-6-12(13)17(21)22/h4-10H,1-3H3,(H,18,20)(H,21,22). The second-order valence-corrected chi connectivity index (χ2v) is 7.58. The van der Waals surface area contributed by atoms with Gasteiger partial charge in [-0.25, -0.2) is 17.5 Å². The van der Waals surface area contributed by atoms with Crippen LogP contribution in [0.5, 0.6) is 5.75 Å². The lowest BCUT2D eigenvalue weighted by molar-refractivity contribution is 0.0698. The molecule has 0 saturated heterocycles. The highest BCUT2D eigenvalue weighted by Gasteiger charge is 2.24. The number of nitrogens with one attached hydrogen (secondary N) is 1. The Morgan fingerprint density at radius 3 is 2.35 bits per heavy atom. The number of carboxylic acid groups (broad SMARTS) is 1. The second-order valence-electron chi connectivity index (χ2n) is 5.46. The number of nitrogens with zero attached hydrogens (tertiary/aromatic N) is 1. The molecule has 0 heterocycles. The highest BCUT2D eigenvalue weighted by molar-refractivity contribution is 7.89. The number of methoxy groups -OCH3 is 1. The van der Waals surface area contributed by atoms with Crippen molar-refractivity contribution in [2.75, 3.05) is 26.5 Å². The largest absolute Gasteiger partial charge is 0.495 e. The van der Waals surface area contributed by atoms with Crippen molar-refractivity contribution in [1.82, 2.24) is 4.31 Å². The van der Waals surface area contributed by atoms with E-state index in [-0.39, 0.29) is 27.5 Å². The number of aromatic carboxylic acids is 1. The number of carboxylic acids is 1. The molecule has 26 heavy (non-hydrogen) atoms. The zero-order valence-electron chi connectivity index (χ0n) is 14.4. The van der Waals surface area contributed by atoms with Crippen LogP contribution in [0.15, 0.2) is 47.4 Å². The summed E-state index contributed by atoms with van der Waals surface area (Å²) >= 11 is 0. The van der Waals surface area contributed by atoms with Crippen molar-refractivity contribution in [1.29, 1.82) is 0 Å². The van der Waals surface area contributed by atoms with Crippen LogP contribution in [0.2, 0.25) is 0 Å². The molecule has 138 valence electrons. The summed E-state index contributed by atoms with van der Waals surface area (Å²) in [6, 6.07) is 9.87. The van der Waals surface area contributed by atoms with E-state index in [2.05, 4.69) is 5.32 Å². The number of hydrogen-bond acceptors (Lipinski definition) is 5. The van der Waals surface area contributed by atoms with E-state index in [0.29, 0.717) is 0 Å². The molecule has 0 saturated carbocycles. The summed E-state index contributed by atoms with van der Waals surface area (Å²) in [5.74, 6) is -1.73. The third-order valence-electron chi connectivity index (χ3n) is 3.59. The Kier molecular flexibility index (Phi) is 5.63. The van der Waals surface area contributed by atoms with Crippen LogP contribution in [0.3, 0.4) is 0 Å². The predicted octanol–water partition coefficient (Wildman–Crippen LogP) is 1.90. The minimum atomic E-state index is -3.84. The summed E-state index contributed by atoms with van der Waals surface area (Å²) in [6.45, 7) is 0. The van der Waals surface area contributed by atoms with Crippen molar-refractivity contribution in [2.24, 2.45) is 0 Å². The van der Waals surface area contributed by atoms with Gasteiger partial charge in [0.1, 0.15) is 10.6 Å². The Morgan fingerprint density at radius 1 is 1.12 bits per heavy atom. The molecule has 0 atom stereocenters. The van der Waals surface area contributed by atoms with Gasteiger partial charge >= 0.3 is 5.97 Å². The van der Waals surface area contributed by atoms with Gasteiger partial charge in [-0.05, 0) is 30.3 Å². The Balaban J connectivity index is 2.44. The van der Waals surface area contributed by atoms with Crippen molar-refractivity contribution in [3.63, 3.8) is 0 Å². The topological polar surface area (TPSA) is 113 Å². The van der Waals surface area contributed by atoms with Crippen molar-refractivity contribution in [3.8, 4) is 5.75 Å². The summed E-state index contributed by atoms with van der Waals surface area (Å²) in [7, 11) is 0.222. The van der Waals surface area contributed by atoms with Crippen LogP contribution in [0.25, 0.3) is 0 Å². The molecule has 0 aromatic heterocycles. The second kappa shape index (κ2) is 7.54. The van der Waals surface area contributed by atoms with E-state index in [0.717, 1.165) is 4.31 Å². The van der Waals surface area contributed by atoms with Gasteiger partial charge in [-0.1, -0.05) is 12.1 Å². The minimum absolute atomic E-state index is 0.0476. The molecule has 8 nitrogen and oxygen atoms in total. The average molecular weight is 378 g/mol. The molecule has 1 amide bonds. The van der Waals surface area contributed by atoms with E-state index in [4.69, 9.17) is 4.74 Å². The maximum Gasteiger partial charge on any atom is 0.337 e. The number of amides is 1. The van der Waals surface area contributed by atoms with Crippen LogP contribution in [-0.2, 0) is 10.0 Å². The lowest BCUT2D eigenvalue weighted by Crippen LogP contribution is -2.23. The summed E-state index contributed by atoms with van der Waals surface area (Å²) in [4.78, 5) is 23.6. The molecule has 0 radical (unpaired) electrons. The monoisotopic (exact) mass is 378 g/mol. The third kappa shape index (κ3) is 3.84. The summed E-state index contributed by atoms with van der Waals surface area (Å²) in [5.41, 5.74) is 0.0831. The quantitative estimate of drug-likeness (QED) is 0.794. The fourth-order valence-electron chi connectivity index (χ4n) is 2.19. The number of rotatable bonds is 6. The van der Waals surface area contributed by atoms with Crippen LogP contribution in [-0.4, -0.2) is 50.9 Å². The Labute approximate surface area is 151 Å². The molecule has 0 spiro atoms. The van der Waals surface area contributed by atoms with Crippen LogP contribution >= 0.6 is 0 Å². The normalized spacial score (nSPS) is 11.2. The first-order chi connectivity index (χ1) is 12.2. The van der Waals surface area contributed by atoms with Gasteiger partial charge in [-0.2, -0.15) is 0 Å². The predicted molar refractivity (Wildman–Crippen MR) is 95.2 cm³/mol. The highest BCUT2D eigenvalue weighted by Crippen LogP contribution is 2.27. The molecular weight excluding hydrogens is 360 g/mol. The van der Waals surface area contributed by atoms with Gasteiger partial charge in [-0.3, -0.25) is 4.79 Å². The molecule has 2 N–H and O–H groups in total. The van der Waals surface area contributed by atoms with Crippen molar-refractivity contribution in [3.05, 3.63) is 53.6 Å². The lowest BCUT2D eigenvalue weighted by Gasteiger charge is -2.15. The van der Waals surface area contributed by atoms with Gasteiger partial charge in [0.25, 0.3) is 5.91 Å². The Morgan fingerprint density at radius 2 is 1.77 bits per heavy atom. The zero-order valence-corrected chi connectivity index (χ0v) is 15.2. The smallest absolute Gasteiger partial charge is 0.337 e. The van der Waals surface area contributed by atoms with Gasteiger partial charge in [0.2, 0.25) is 10.0 Å². The molecule has 0 bridgehead atoms. The number of hydrogen-bond donors (Lipinski definition) is 2. The maximum atomic E-state index is 12.5. The van der Waals surface area contributed by atoms with Crippen molar-refractivity contribution < 1.29 is 27.9 Å². The number of para-hydroxylation sites is 1. The number of sulfonamides is 1. The van der Waals surface area contributed by atoms with Gasteiger partial charge in [0, 0.05) is 19.7 Å². The molecule has 2 aromatic carbocycles. The van der Waals surface area contributed by atoms with Crippen molar-refractivity contribution in [2.45, 2.75) is 4.90 Å². The number of benzene rings is 2. The van der Waals surface area contributed by atoms with Crippen molar-refractivity contribution >= 4 is 27.6 Å². The van der Waals surface area contributed by atoms with E-state index in [9.17, 15) is 23.1 Å². The minimum Gasteiger partial charge on any atom is -0.495 e. The average Bonchev–Trinajstić information content (AvgIpc) is 2.61. The fourth-order valence-corrected chi connectivity index (χ4v) is 3.26. The molecule has 0 aliphatic rings. The molecule has 0 aliphatic carbocycles. The van der Waals surface area contributed by atoms with E-state index in [1.54, 1.807) is 6.07 Å². The molecule has 9 heteroatoms. The SMILES string of the molecule is COc1ccc(C(=O)Nc2ccccc2C(=O)O)cc1S(=O)(=O)N(C)C. The molecule has 2 aromatic rings. The summed E-state index contributed by atoms with van der Waals surface area (Å²) in [6.07, 6.45) is 0. The Bertz CT molecular complexity index is 953. The van der Waals surface area contributed by atoms with E-state index >= 15 is 0 Å². The van der Waals surface area contributed by atoms with Gasteiger partial charge < -0.3 is 15.2 Å². The molecule has 2 rings (SSSR count). The summed E-state index contributed by atoms with van der Waals surface area (Å²) in [5, 5.41) is 11.7. The van der Waals surface area contributed by atoms with Crippen LogP contribution in [0.4, 0.5) is 5.69 Å². The van der Waals surface area contributed by atoms with Gasteiger partial charge in [0.15, 0.2) is 0 Å². The molecule has 0 unspecified atom stereocenters. The molecule has 0 aliphatic heterocycles. The first-order valence-electron chi connectivity index (χ1n) is 7.42. The first kappa shape index (κ1) is 19.4. The number of carbonyl (C=O) groups is 2. The van der Waals surface area contributed by atoms with Crippen LogP contribution < -0.4 is 10.1 Å². The molecule has 0 fully saturated rings. The van der Waals surface area contributed by atoms with E-state index in [1.807, 2.05) is 0 Å². The van der Waals surface area contributed by atoms with Gasteiger partial charge in [-0.15, -0.1) is 0 Å². The zero-order chi connectivity index (χ0) is 19.5. The molecular formula is C17H18N2O6S. The Hall–Kier alpha value is -2.91. The van der Waals surface area contributed by atoms with Crippen LogP contribution in [0.1, 0.15) is 20.7 Å². The van der Waals surface area contributed by atoms with Crippen LogP contribution in [0, 0.1) is 0 Å². The number of ether oxygens (including phenoxy) is 1. The maximum absolute atomic E-state index is 12.5. The number of anilines is 1.